The lowest BCUT2D eigenvalue weighted by Gasteiger charge is -2.09. The molecule has 0 atom stereocenters. The molecule has 27 heavy (non-hydrogen) atoms. The largest absolute Gasteiger partial charge is 0.348 e. The van der Waals surface area contributed by atoms with Crippen LogP contribution in [-0.2, 0) is 6.54 Å². The molecule has 0 fully saturated rings. The minimum Gasteiger partial charge on any atom is -0.348 e. The predicted octanol–water partition coefficient (Wildman–Crippen LogP) is 4.61. The van der Waals surface area contributed by atoms with Crippen molar-refractivity contribution in [1.82, 2.24) is 10.3 Å². The summed E-state index contributed by atoms with van der Waals surface area (Å²) in [4.78, 5) is 28.0. The van der Waals surface area contributed by atoms with E-state index in [1.165, 1.54) is 13.1 Å². The van der Waals surface area contributed by atoms with Gasteiger partial charge in [-0.05, 0) is 42.8 Å². The van der Waals surface area contributed by atoms with Crippen LogP contribution < -0.4 is 10.6 Å². The predicted molar refractivity (Wildman–Crippen MR) is 107 cm³/mol. The standard InChI is InChI=1S/C21H18ClN3O2/c1-14(26)15-6-4-7-18(11-15)25-20-10-9-17(13-23-20)21(27)24-12-16-5-2-3-8-19(16)22/h2-11,13H,12H2,1H3,(H,23,25)(H,24,27). The Morgan fingerprint density at radius 3 is 2.52 bits per heavy atom. The zero-order chi connectivity index (χ0) is 19.2. The molecule has 3 rings (SSSR count). The van der Waals surface area contributed by atoms with Gasteiger partial charge in [-0.2, -0.15) is 0 Å². The average molecular weight is 380 g/mol. The summed E-state index contributed by atoms with van der Waals surface area (Å²) in [5.74, 6) is 0.350. The van der Waals surface area contributed by atoms with E-state index in [4.69, 9.17) is 11.6 Å². The van der Waals surface area contributed by atoms with Crippen LogP contribution >= 0.6 is 11.6 Å². The highest BCUT2D eigenvalue weighted by Crippen LogP contribution is 2.17. The van der Waals surface area contributed by atoms with E-state index in [1.807, 2.05) is 24.3 Å². The Morgan fingerprint density at radius 1 is 1.00 bits per heavy atom. The van der Waals surface area contributed by atoms with Crippen LogP contribution in [0.5, 0.6) is 0 Å². The number of hydrogen-bond acceptors (Lipinski definition) is 4. The number of anilines is 2. The molecule has 136 valence electrons. The van der Waals surface area contributed by atoms with Gasteiger partial charge in [-0.1, -0.05) is 41.9 Å². The minimum absolute atomic E-state index is 0.00264. The van der Waals surface area contributed by atoms with Crippen molar-refractivity contribution in [2.24, 2.45) is 0 Å². The minimum atomic E-state index is -0.229. The second-order valence-electron chi connectivity index (χ2n) is 5.97. The van der Waals surface area contributed by atoms with E-state index >= 15 is 0 Å². The molecular formula is C21H18ClN3O2. The van der Waals surface area contributed by atoms with Crippen LogP contribution in [0.2, 0.25) is 5.02 Å². The Kier molecular flexibility index (Phi) is 5.84. The summed E-state index contributed by atoms with van der Waals surface area (Å²) >= 11 is 6.09. The molecule has 2 N–H and O–H groups in total. The lowest BCUT2D eigenvalue weighted by molar-refractivity contribution is 0.0949. The zero-order valence-corrected chi connectivity index (χ0v) is 15.5. The molecule has 0 unspecified atom stereocenters. The third kappa shape index (κ3) is 4.92. The van der Waals surface area contributed by atoms with Gasteiger partial charge in [0.1, 0.15) is 5.82 Å². The van der Waals surface area contributed by atoms with Gasteiger partial charge in [0.2, 0.25) is 0 Å². The maximum atomic E-state index is 12.3. The fraction of sp³-hybridized carbons (Fsp3) is 0.0952. The van der Waals surface area contributed by atoms with Crippen LogP contribution in [0.15, 0.2) is 66.9 Å². The second-order valence-corrected chi connectivity index (χ2v) is 6.38. The Morgan fingerprint density at radius 2 is 1.81 bits per heavy atom. The van der Waals surface area contributed by atoms with E-state index in [9.17, 15) is 9.59 Å². The number of pyridine rings is 1. The first-order valence-electron chi connectivity index (χ1n) is 8.38. The Balaban J connectivity index is 1.63. The lowest BCUT2D eigenvalue weighted by Crippen LogP contribution is -2.23. The number of carbonyl (C=O) groups excluding carboxylic acids is 2. The van der Waals surface area contributed by atoms with Crippen molar-refractivity contribution in [2.45, 2.75) is 13.5 Å². The molecule has 2 aromatic carbocycles. The van der Waals surface area contributed by atoms with Crippen LogP contribution in [0.3, 0.4) is 0 Å². The number of hydrogen-bond donors (Lipinski definition) is 2. The van der Waals surface area contributed by atoms with Crippen LogP contribution in [0.25, 0.3) is 0 Å². The lowest BCUT2D eigenvalue weighted by atomic mass is 10.1. The van der Waals surface area contributed by atoms with Crippen molar-refractivity contribution in [3.63, 3.8) is 0 Å². The molecule has 1 amide bonds. The monoisotopic (exact) mass is 379 g/mol. The Labute approximate surface area is 162 Å². The summed E-state index contributed by atoms with van der Waals surface area (Å²) < 4.78 is 0. The van der Waals surface area contributed by atoms with Crippen molar-refractivity contribution in [3.8, 4) is 0 Å². The first-order valence-corrected chi connectivity index (χ1v) is 8.76. The third-order valence-electron chi connectivity index (χ3n) is 3.96. The van der Waals surface area contributed by atoms with Crippen molar-refractivity contribution in [3.05, 3.63) is 88.6 Å². The van der Waals surface area contributed by atoms with Crippen molar-refractivity contribution in [2.75, 3.05) is 5.32 Å². The van der Waals surface area contributed by atoms with E-state index in [2.05, 4.69) is 15.6 Å². The number of carbonyl (C=O) groups is 2. The molecule has 0 radical (unpaired) electrons. The highest BCUT2D eigenvalue weighted by atomic mass is 35.5. The molecule has 0 bridgehead atoms. The van der Waals surface area contributed by atoms with Crippen LogP contribution in [-0.4, -0.2) is 16.7 Å². The maximum Gasteiger partial charge on any atom is 0.253 e. The van der Waals surface area contributed by atoms with E-state index in [0.29, 0.717) is 28.5 Å². The molecule has 3 aromatic rings. The average Bonchev–Trinajstić information content (AvgIpc) is 2.68. The number of Topliss-reactive ketones (excluding diaryl/α,β-unsaturated/α-hetero) is 1. The fourth-order valence-corrected chi connectivity index (χ4v) is 2.69. The quantitative estimate of drug-likeness (QED) is 0.613. The van der Waals surface area contributed by atoms with E-state index in [1.54, 1.807) is 36.4 Å². The molecule has 5 nitrogen and oxygen atoms in total. The molecule has 0 saturated carbocycles. The molecule has 0 spiro atoms. The summed E-state index contributed by atoms with van der Waals surface area (Å²) in [5, 5.41) is 6.56. The second kappa shape index (κ2) is 8.47. The van der Waals surface area contributed by atoms with Gasteiger partial charge >= 0.3 is 0 Å². The molecule has 1 aromatic heterocycles. The van der Waals surface area contributed by atoms with E-state index in [-0.39, 0.29) is 11.7 Å². The molecule has 0 aliphatic rings. The number of benzene rings is 2. The highest BCUT2D eigenvalue weighted by Gasteiger charge is 2.08. The first kappa shape index (κ1) is 18.6. The maximum absolute atomic E-state index is 12.3. The van der Waals surface area contributed by atoms with Gasteiger partial charge in [0, 0.05) is 29.0 Å². The molecule has 6 heteroatoms. The molecule has 1 heterocycles. The first-order chi connectivity index (χ1) is 13.0. The number of rotatable bonds is 6. The van der Waals surface area contributed by atoms with Crippen molar-refractivity contribution < 1.29 is 9.59 Å². The fourth-order valence-electron chi connectivity index (χ4n) is 2.49. The van der Waals surface area contributed by atoms with E-state index < -0.39 is 0 Å². The topological polar surface area (TPSA) is 71.1 Å². The third-order valence-corrected chi connectivity index (χ3v) is 4.33. The Bertz CT molecular complexity index is 971. The number of halogens is 1. The van der Waals surface area contributed by atoms with Crippen LogP contribution in [0.4, 0.5) is 11.5 Å². The summed E-state index contributed by atoms with van der Waals surface area (Å²) in [6.45, 7) is 1.86. The van der Waals surface area contributed by atoms with Gasteiger partial charge in [0.05, 0.1) is 5.56 Å². The highest BCUT2D eigenvalue weighted by molar-refractivity contribution is 6.31. The molecular weight excluding hydrogens is 362 g/mol. The van der Waals surface area contributed by atoms with Crippen molar-refractivity contribution in [1.29, 1.82) is 0 Å². The smallest absolute Gasteiger partial charge is 0.253 e. The summed E-state index contributed by atoms with van der Waals surface area (Å²) in [6.07, 6.45) is 1.50. The summed E-state index contributed by atoms with van der Waals surface area (Å²) in [6, 6.07) is 17.9. The number of nitrogens with zero attached hydrogens (tertiary/aromatic N) is 1. The Hall–Kier alpha value is -3.18. The van der Waals surface area contributed by atoms with Crippen LogP contribution in [0.1, 0.15) is 33.2 Å². The summed E-state index contributed by atoms with van der Waals surface area (Å²) in [7, 11) is 0. The van der Waals surface area contributed by atoms with Gasteiger partial charge in [-0.3, -0.25) is 9.59 Å². The van der Waals surface area contributed by atoms with Gasteiger partial charge in [0.25, 0.3) is 5.91 Å². The number of ketones is 1. The van der Waals surface area contributed by atoms with Gasteiger partial charge in [-0.25, -0.2) is 4.98 Å². The van der Waals surface area contributed by atoms with Crippen molar-refractivity contribution >= 4 is 34.8 Å². The number of aromatic nitrogens is 1. The van der Waals surface area contributed by atoms with Crippen LogP contribution in [0, 0.1) is 0 Å². The molecule has 0 aliphatic heterocycles. The van der Waals surface area contributed by atoms with Gasteiger partial charge in [0.15, 0.2) is 5.78 Å². The SMILES string of the molecule is CC(=O)c1cccc(Nc2ccc(C(=O)NCc3ccccc3Cl)cn2)c1. The summed E-state index contributed by atoms with van der Waals surface area (Å²) in [5.41, 5.74) is 2.68. The zero-order valence-electron chi connectivity index (χ0n) is 14.7. The van der Waals surface area contributed by atoms with E-state index in [0.717, 1.165) is 11.3 Å². The van der Waals surface area contributed by atoms with Gasteiger partial charge in [-0.15, -0.1) is 0 Å². The van der Waals surface area contributed by atoms with Gasteiger partial charge < -0.3 is 10.6 Å². The normalized spacial score (nSPS) is 10.3. The number of nitrogens with one attached hydrogen (secondary N) is 2. The molecule has 0 aliphatic carbocycles. The number of amides is 1. The molecule has 0 saturated heterocycles.